The van der Waals surface area contributed by atoms with Gasteiger partial charge in [-0.2, -0.15) is 0 Å². The minimum atomic E-state index is -1.73. The van der Waals surface area contributed by atoms with Gasteiger partial charge in [0.05, 0.1) is 0 Å². The number of hydrogen-bond donors (Lipinski definition) is 0. The van der Waals surface area contributed by atoms with E-state index in [1.165, 1.54) is 16.7 Å². The van der Waals surface area contributed by atoms with Crippen molar-refractivity contribution < 1.29 is 21.8 Å². The summed E-state index contributed by atoms with van der Waals surface area (Å²) in [4.78, 5) is 0. The van der Waals surface area contributed by atoms with Crippen LogP contribution < -0.4 is 3.27 Å². The Morgan fingerprint density at radius 1 is 0.880 bits per heavy atom. The number of allylic oxidation sites excluding steroid dienone is 4. The second-order valence-corrected chi connectivity index (χ2v) is 17.2. The molecule has 25 heavy (non-hydrogen) atoms. The summed E-state index contributed by atoms with van der Waals surface area (Å²) in [6.45, 7) is 9.84. The van der Waals surface area contributed by atoms with Crippen LogP contribution in [0.3, 0.4) is 0 Å². The fourth-order valence-corrected chi connectivity index (χ4v) is 13.4. The van der Waals surface area contributed by atoms with Gasteiger partial charge in [-0.05, 0) is 0 Å². The van der Waals surface area contributed by atoms with E-state index in [2.05, 4.69) is 88.4 Å². The van der Waals surface area contributed by atoms with E-state index in [1.807, 2.05) is 0 Å². The molecule has 2 aliphatic rings. The number of benzene rings is 2. The Hall–Kier alpha value is -1.20. The van der Waals surface area contributed by atoms with Gasteiger partial charge in [-0.25, -0.2) is 0 Å². The van der Waals surface area contributed by atoms with Crippen LogP contribution in [0.5, 0.6) is 0 Å². The summed E-state index contributed by atoms with van der Waals surface area (Å²) in [6, 6.07) is 16.3. The number of fused-ring (bicyclic) bond motifs is 3. The standard InChI is InChI=1S/C18H13.2C3H7.Zr/c1-2-8-13(7-1)18-16-11-5-3-9-14(16)15-10-4-6-12-17(15)18;2*1-3-2;/h1-7,9-11,18H,8H2;2*3H,1-2H3;. The molecule has 0 N–H and O–H groups in total. The van der Waals surface area contributed by atoms with Gasteiger partial charge in [-0.15, -0.1) is 0 Å². The van der Waals surface area contributed by atoms with Crippen LogP contribution >= 0.6 is 0 Å². The van der Waals surface area contributed by atoms with Crippen molar-refractivity contribution in [3.8, 4) is 11.1 Å². The van der Waals surface area contributed by atoms with Gasteiger partial charge < -0.3 is 0 Å². The summed E-state index contributed by atoms with van der Waals surface area (Å²) in [5.41, 5.74) is 7.73. The maximum atomic E-state index is 2.48. The van der Waals surface area contributed by atoms with Crippen molar-refractivity contribution in [3.05, 3.63) is 77.4 Å². The molecule has 0 saturated carbocycles. The molecule has 0 radical (unpaired) electrons. The number of hydrogen-bond acceptors (Lipinski definition) is 0. The van der Waals surface area contributed by atoms with Crippen LogP contribution in [0.25, 0.3) is 11.1 Å². The maximum absolute atomic E-state index is 2.48. The van der Waals surface area contributed by atoms with Gasteiger partial charge >= 0.3 is 161 Å². The van der Waals surface area contributed by atoms with E-state index in [4.69, 9.17) is 0 Å². The molecule has 2 aliphatic carbocycles. The molecule has 0 amide bonds. The molecule has 0 bridgehead atoms. The van der Waals surface area contributed by atoms with E-state index in [-0.39, 0.29) is 0 Å². The van der Waals surface area contributed by atoms with Crippen LogP contribution in [0.1, 0.15) is 51.2 Å². The molecule has 0 saturated heterocycles. The zero-order valence-electron chi connectivity index (χ0n) is 15.7. The van der Waals surface area contributed by atoms with Gasteiger partial charge in [0.15, 0.2) is 0 Å². The predicted octanol–water partition coefficient (Wildman–Crippen LogP) is 6.59. The van der Waals surface area contributed by atoms with Crippen molar-refractivity contribution in [2.24, 2.45) is 0 Å². The molecule has 127 valence electrons. The summed E-state index contributed by atoms with van der Waals surface area (Å²) in [7, 11) is 0. The molecule has 0 spiro atoms. The molecule has 2 aromatic carbocycles. The summed E-state index contributed by atoms with van der Waals surface area (Å²) >= 11 is -1.73. The molecule has 0 heterocycles. The molecular formula is C24H27Zr. The molecule has 0 aliphatic heterocycles. The second kappa shape index (κ2) is 6.84. The Morgan fingerprint density at radius 2 is 1.60 bits per heavy atom. The Balaban J connectivity index is 1.96. The Labute approximate surface area is 160 Å². The molecule has 1 unspecified atom stereocenters. The summed E-state index contributed by atoms with van der Waals surface area (Å²) < 4.78 is 3.45. The molecule has 4 rings (SSSR count). The van der Waals surface area contributed by atoms with Crippen LogP contribution in [0.15, 0.2) is 66.3 Å². The minimum absolute atomic E-state index is 0.477. The predicted molar refractivity (Wildman–Crippen MR) is 105 cm³/mol. The monoisotopic (exact) mass is 405 g/mol. The zero-order chi connectivity index (χ0) is 17.6. The van der Waals surface area contributed by atoms with E-state index in [9.17, 15) is 0 Å². The van der Waals surface area contributed by atoms with Crippen LogP contribution in [0.2, 0.25) is 7.25 Å². The summed E-state index contributed by atoms with van der Waals surface area (Å²) in [6.07, 6.45) is 8.02. The van der Waals surface area contributed by atoms with Crippen LogP contribution in [0, 0.1) is 0 Å². The average molecular weight is 407 g/mol. The Kier molecular flexibility index (Phi) is 4.72. The zero-order valence-corrected chi connectivity index (χ0v) is 18.2. The summed E-state index contributed by atoms with van der Waals surface area (Å²) in [5.74, 6) is 0.477. The van der Waals surface area contributed by atoms with Crippen molar-refractivity contribution in [3.63, 3.8) is 0 Å². The third-order valence-electron chi connectivity index (χ3n) is 5.68. The first-order valence-corrected chi connectivity index (χ1v) is 13.6. The van der Waals surface area contributed by atoms with Crippen LogP contribution in [-0.2, 0) is 21.8 Å². The van der Waals surface area contributed by atoms with Crippen molar-refractivity contribution in [1.82, 2.24) is 0 Å². The van der Waals surface area contributed by atoms with Gasteiger partial charge in [-0.3, -0.25) is 0 Å². The topological polar surface area (TPSA) is 0 Å². The molecule has 0 aromatic heterocycles. The average Bonchev–Trinajstić information content (AvgIpc) is 3.20. The quantitative estimate of drug-likeness (QED) is 0.537. The van der Waals surface area contributed by atoms with Gasteiger partial charge in [0.2, 0.25) is 0 Å². The van der Waals surface area contributed by atoms with Crippen molar-refractivity contribution in [2.75, 3.05) is 0 Å². The number of rotatable bonds is 4. The van der Waals surface area contributed by atoms with E-state index in [1.54, 1.807) is 14.4 Å². The Bertz CT molecular complexity index is 846. The summed E-state index contributed by atoms with van der Waals surface area (Å²) in [5, 5.41) is 0. The Morgan fingerprint density at radius 3 is 2.28 bits per heavy atom. The third kappa shape index (κ3) is 2.85. The molecular weight excluding hydrogens is 379 g/mol. The van der Waals surface area contributed by atoms with Crippen molar-refractivity contribution >= 4 is 3.27 Å². The molecule has 1 atom stereocenters. The van der Waals surface area contributed by atoms with Crippen LogP contribution in [0.4, 0.5) is 0 Å². The van der Waals surface area contributed by atoms with Gasteiger partial charge in [-0.1, -0.05) is 0 Å². The van der Waals surface area contributed by atoms with Crippen molar-refractivity contribution in [1.29, 1.82) is 0 Å². The molecule has 2 aromatic rings. The van der Waals surface area contributed by atoms with Gasteiger partial charge in [0, 0.05) is 0 Å². The first-order chi connectivity index (χ1) is 12.1. The first kappa shape index (κ1) is 17.2. The fraction of sp³-hybridized carbons (Fsp3) is 0.333. The van der Waals surface area contributed by atoms with E-state index in [0.29, 0.717) is 5.92 Å². The van der Waals surface area contributed by atoms with Gasteiger partial charge in [0.25, 0.3) is 0 Å². The SMILES string of the molecule is C[CH](C)[Zr]([c]1cccc2c1C(C1=CC=CC1)c1ccccc1-2)[CH](C)C. The van der Waals surface area contributed by atoms with E-state index in [0.717, 1.165) is 13.7 Å². The molecule has 0 fully saturated rings. The van der Waals surface area contributed by atoms with Crippen molar-refractivity contribution in [2.45, 2.75) is 47.3 Å². The second-order valence-electron chi connectivity index (χ2n) is 7.93. The van der Waals surface area contributed by atoms with Crippen LogP contribution in [-0.4, -0.2) is 0 Å². The molecule has 1 heteroatoms. The van der Waals surface area contributed by atoms with E-state index >= 15 is 0 Å². The van der Waals surface area contributed by atoms with Gasteiger partial charge in [0.1, 0.15) is 0 Å². The third-order valence-corrected chi connectivity index (χ3v) is 14.4. The molecule has 0 nitrogen and oxygen atoms in total. The first-order valence-electron chi connectivity index (χ1n) is 9.54. The van der Waals surface area contributed by atoms with E-state index < -0.39 is 21.8 Å². The normalized spacial score (nSPS) is 17.8. The fourth-order valence-electron chi connectivity index (χ4n) is 4.86.